The molecule has 11 heteroatoms. The van der Waals surface area contributed by atoms with Crippen LogP contribution in [0.3, 0.4) is 0 Å². The van der Waals surface area contributed by atoms with Gasteiger partial charge >= 0.3 is 0 Å². The monoisotopic (exact) mass is 625 g/mol. The van der Waals surface area contributed by atoms with E-state index in [0.717, 1.165) is 28.4 Å². The highest BCUT2D eigenvalue weighted by atomic mass is 35.5. The number of hydrogen-bond acceptors (Lipinski definition) is 6. The first-order chi connectivity index (χ1) is 20.1. The van der Waals surface area contributed by atoms with Crippen LogP contribution in [0.15, 0.2) is 64.1 Å². The lowest BCUT2D eigenvalue weighted by molar-refractivity contribution is -0.145. The van der Waals surface area contributed by atoms with E-state index in [4.69, 9.17) is 28.2 Å². The van der Waals surface area contributed by atoms with E-state index in [1.54, 1.807) is 9.80 Å². The number of piperazine rings is 1. The fraction of sp³-hybridized carbons (Fsp3) is 0.419. The van der Waals surface area contributed by atoms with Crippen molar-refractivity contribution in [1.29, 1.82) is 0 Å². The zero-order valence-corrected chi connectivity index (χ0v) is 26.1. The first-order valence-corrected chi connectivity index (χ1v) is 15.8. The van der Waals surface area contributed by atoms with Crippen LogP contribution in [0.1, 0.15) is 50.8 Å². The zero-order valence-electron chi connectivity index (χ0n) is 23.8. The topological polar surface area (TPSA) is 85.3 Å². The van der Waals surface area contributed by atoms with Crippen LogP contribution in [0, 0.1) is 5.92 Å². The number of halogens is 2. The van der Waals surface area contributed by atoms with Crippen molar-refractivity contribution >= 4 is 57.9 Å². The van der Waals surface area contributed by atoms with Gasteiger partial charge in [0.15, 0.2) is 5.17 Å². The molecule has 0 unspecified atom stereocenters. The van der Waals surface area contributed by atoms with Crippen molar-refractivity contribution in [2.24, 2.45) is 10.9 Å². The molecule has 0 spiro atoms. The van der Waals surface area contributed by atoms with E-state index in [0.29, 0.717) is 41.0 Å². The summed E-state index contributed by atoms with van der Waals surface area (Å²) >= 11 is 13.9. The molecule has 0 saturated carbocycles. The smallest absolute Gasteiger partial charge is 0.263 e. The second-order valence-electron chi connectivity index (χ2n) is 11.6. The van der Waals surface area contributed by atoms with Crippen LogP contribution in [0.25, 0.3) is 0 Å². The summed E-state index contributed by atoms with van der Waals surface area (Å²) in [6.07, 6.45) is 1.33. The predicted molar refractivity (Wildman–Crippen MR) is 166 cm³/mol. The summed E-state index contributed by atoms with van der Waals surface area (Å²) in [6.45, 7) is 7.70. The van der Waals surface area contributed by atoms with Gasteiger partial charge in [-0.2, -0.15) is 0 Å². The quantitative estimate of drug-likeness (QED) is 0.495. The lowest BCUT2D eigenvalue weighted by Gasteiger charge is -2.37. The standard InChI is InChI=1S/C31H33Cl2N5O3S/c1-18(2)25-26(29(41)37-15-4-5-23(37)28(40)36-16-14-34-24(39)17-36)42-30-35-31(3,20-8-12-22(33)13-9-20)27(38(25)30)19-6-10-21(32)11-7-19/h6-13,18,23,27H,4-5,14-17H2,1-3H3,(H,34,39)/t23-,27-,31+/m1/s1. The average molecular weight is 627 g/mol. The lowest BCUT2D eigenvalue weighted by Crippen LogP contribution is -2.55. The Labute approximate surface area is 260 Å². The Morgan fingerprint density at radius 3 is 2.36 bits per heavy atom. The highest BCUT2D eigenvalue weighted by Crippen LogP contribution is 2.56. The van der Waals surface area contributed by atoms with E-state index in [-0.39, 0.29) is 36.2 Å². The maximum Gasteiger partial charge on any atom is 0.263 e. The minimum atomic E-state index is -0.656. The third-order valence-electron chi connectivity index (χ3n) is 8.51. The Kier molecular flexibility index (Phi) is 7.79. The number of fused-ring (bicyclic) bond motifs is 1. The molecule has 3 atom stereocenters. The Hall–Kier alpha value is -3.01. The van der Waals surface area contributed by atoms with Gasteiger partial charge in [-0.3, -0.25) is 14.4 Å². The van der Waals surface area contributed by atoms with Crippen LogP contribution >= 0.6 is 35.0 Å². The molecule has 42 heavy (non-hydrogen) atoms. The SMILES string of the molecule is CC(C)C1=C(C(=O)N2CCC[C@@H]2C(=O)N2CCNC(=O)C2)SC2=N[C@@](C)(c3ccc(Cl)cc3)[C@@H](c3ccc(Cl)cc3)N21. The number of likely N-dealkylation sites (tertiary alicyclic amines) is 1. The lowest BCUT2D eigenvalue weighted by atomic mass is 9.81. The van der Waals surface area contributed by atoms with Gasteiger partial charge in [0.25, 0.3) is 5.91 Å². The fourth-order valence-corrected chi connectivity index (χ4v) is 8.11. The predicted octanol–water partition coefficient (Wildman–Crippen LogP) is 5.19. The largest absolute Gasteiger partial charge is 0.353 e. The van der Waals surface area contributed by atoms with Crippen LogP contribution in [-0.4, -0.2) is 69.8 Å². The summed E-state index contributed by atoms with van der Waals surface area (Å²) in [7, 11) is 0. The normalized spacial score (nSPS) is 25.7. The van der Waals surface area contributed by atoms with Crippen molar-refractivity contribution < 1.29 is 14.4 Å². The molecule has 2 aromatic carbocycles. The molecule has 4 aliphatic rings. The van der Waals surface area contributed by atoms with E-state index < -0.39 is 11.6 Å². The van der Waals surface area contributed by atoms with Crippen LogP contribution in [-0.2, 0) is 19.9 Å². The molecule has 220 valence electrons. The van der Waals surface area contributed by atoms with Gasteiger partial charge in [-0.15, -0.1) is 0 Å². The molecule has 6 rings (SSSR count). The van der Waals surface area contributed by atoms with Gasteiger partial charge in [-0.1, -0.05) is 61.3 Å². The van der Waals surface area contributed by atoms with Gasteiger partial charge in [0.2, 0.25) is 11.8 Å². The van der Waals surface area contributed by atoms with Crippen molar-refractivity contribution in [2.45, 2.75) is 51.2 Å². The van der Waals surface area contributed by atoms with Crippen molar-refractivity contribution in [3.05, 3.63) is 80.3 Å². The molecule has 4 aliphatic heterocycles. The van der Waals surface area contributed by atoms with E-state index in [9.17, 15) is 14.4 Å². The average Bonchev–Trinajstić information content (AvgIpc) is 3.66. The minimum Gasteiger partial charge on any atom is -0.353 e. The maximum atomic E-state index is 14.3. The second kappa shape index (κ2) is 11.2. The molecular formula is C31H33Cl2N5O3S. The summed E-state index contributed by atoms with van der Waals surface area (Å²) in [5.41, 5.74) is 2.29. The molecule has 0 aliphatic carbocycles. The number of allylic oxidation sites excluding steroid dienone is 1. The number of carbonyl (C=O) groups excluding carboxylic acids is 3. The summed E-state index contributed by atoms with van der Waals surface area (Å²) in [6, 6.07) is 14.8. The Balaban J connectivity index is 1.38. The summed E-state index contributed by atoms with van der Waals surface area (Å²) in [4.78, 5) is 51.1. The van der Waals surface area contributed by atoms with Crippen LogP contribution < -0.4 is 5.32 Å². The molecule has 2 fully saturated rings. The number of benzene rings is 2. The third-order valence-corrected chi connectivity index (χ3v) is 10.1. The third kappa shape index (κ3) is 4.99. The summed E-state index contributed by atoms with van der Waals surface area (Å²) in [5.74, 6) is -0.468. The fourth-order valence-electron chi connectivity index (χ4n) is 6.50. The molecule has 8 nitrogen and oxygen atoms in total. The maximum absolute atomic E-state index is 14.3. The number of rotatable bonds is 5. The molecule has 0 aromatic heterocycles. The van der Waals surface area contributed by atoms with E-state index in [1.807, 2.05) is 48.5 Å². The Morgan fingerprint density at radius 1 is 1.05 bits per heavy atom. The number of nitrogens with zero attached hydrogens (tertiary/aromatic N) is 4. The van der Waals surface area contributed by atoms with Gasteiger partial charge in [0.1, 0.15) is 16.5 Å². The number of amidine groups is 1. The van der Waals surface area contributed by atoms with Crippen LogP contribution in [0.5, 0.6) is 0 Å². The molecular weight excluding hydrogens is 593 g/mol. The van der Waals surface area contributed by atoms with Crippen molar-refractivity contribution in [3.8, 4) is 0 Å². The molecule has 3 amide bonds. The number of thioether (sulfide) groups is 1. The van der Waals surface area contributed by atoms with E-state index in [2.05, 4.69) is 31.0 Å². The van der Waals surface area contributed by atoms with Crippen molar-refractivity contribution in [1.82, 2.24) is 20.0 Å². The van der Waals surface area contributed by atoms with Gasteiger partial charge in [0.05, 0.1) is 12.6 Å². The number of hydrogen-bond donors (Lipinski definition) is 1. The Bertz CT molecular complexity index is 1490. The number of carbonyl (C=O) groups is 3. The highest BCUT2D eigenvalue weighted by Gasteiger charge is 2.54. The molecule has 1 N–H and O–H groups in total. The van der Waals surface area contributed by atoms with E-state index in [1.165, 1.54) is 11.8 Å². The summed E-state index contributed by atoms with van der Waals surface area (Å²) in [5, 5.41) is 4.82. The van der Waals surface area contributed by atoms with Gasteiger partial charge in [0, 0.05) is 35.4 Å². The zero-order chi connectivity index (χ0) is 29.8. The van der Waals surface area contributed by atoms with Gasteiger partial charge < -0.3 is 20.0 Å². The highest BCUT2D eigenvalue weighted by molar-refractivity contribution is 8.18. The molecule has 2 saturated heterocycles. The number of nitrogens with one attached hydrogen (secondary N) is 1. The van der Waals surface area contributed by atoms with Crippen molar-refractivity contribution in [2.75, 3.05) is 26.2 Å². The first-order valence-electron chi connectivity index (χ1n) is 14.3. The molecule has 0 radical (unpaired) electrons. The molecule has 4 heterocycles. The van der Waals surface area contributed by atoms with Gasteiger partial charge in [-0.05, 0) is 72.8 Å². The number of amides is 3. The van der Waals surface area contributed by atoms with Gasteiger partial charge in [-0.25, -0.2) is 4.99 Å². The van der Waals surface area contributed by atoms with Crippen LogP contribution in [0.2, 0.25) is 10.0 Å². The first kappa shape index (κ1) is 29.1. The minimum absolute atomic E-state index is 0.00839. The van der Waals surface area contributed by atoms with Crippen molar-refractivity contribution in [3.63, 3.8) is 0 Å². The second-order valence-corrected chi connectivity index (χ2v) is 13.5. The summed E-state index contributed by atoms with van der Waals surface area (Å²) < 4.78 is 0. The number of aliphatic imine (C=N–C) groups is 1. The molecule has 2 aromatic rings. The van der Waals surface area contributed by atoms with E-state index >= 15 is 0 Å². The van der Waals surface area contributed by atoms with Crippen LogP contribution in [0.4, 0.5) is 0 Å². The Morgan fingerprint density at radius 2 is 1.71 bits per heavy atom. The molecule has 0 bridgehead atoms.